The molecule has 4 heteroatoms. The van der Waals surface area contributed by atoms with Crippen LogP contribution in [0.2, 0.25) is 5.15 Å². The van der Waals surface area contributed by atoms with E-state index in [1.807, 2.05) is 0 Å². The molecule has 0 aromatic carbocycles. The Kier molecular flexibility index (Phi) is 3.65. The number of carbonyl (C=O) groups excluding carboxylic acids is 1. The zero-order valence-corrected chi connectivity index (χ0v) is 10.2. The Morgan fingerprint density at radius 1 is 1.65 bits per heavy atom. The zero-order valence-electron chi connectivity index (χ0n) is 9.40. The van der Waals surface area contributed by atoms with E-state index in [-0.39, 0.29) is 5.91 Å². The van der Waals surface area contributed by atoms with Crippen molar-refractivity contribution in [1.82, 2.24) is 9.88 Å². The summed E-state index contributed by atoms with van der Waals surface area (Å²) in [7, 11) is 0. The maximum atomic E-state index is 12.2. The molecule has 0 radical (unpaired) electrons. The number of rotatable bonds is 4. The molecule has 1 saturated carbocycles. The first-order valence-corrected chi connectivity index (χ1v) is 5.93. The maximum absolute atomic E-state index is 12.2. The molecule has 0 unspecified atom stereocenters. The first-order chi connectivity index (χ1) is 8.20. The Balaban J connectivity index is 2.12. The topological polar surface area (TPSA) is 33.2 Å². The van der Waals surface area contributed by atoms with Crippen LogP contribution in [0.5, 0.6) is 0 Å². The van der Waals surface area contributed by atoms with E-state index in [2.05, 4.69) is 10.9 Å². The highest BCUT2D eigenvalue weighted by molar-refractivity contribution is 6.29. The van der Waals surface area contributed by atoms with Crippen molar-refractivity contribution in [3.8, 4) is 12.3 Å². The van der Waals surface area contributed by atoms with Gasteiger partial charge in [-0.05, 0) is 30.9 Å². The van der Waals surface area contributed by atoms with Crippen LogP contribution in [0.1, 0.15) is 23.2 Å². The van der Waals surface area contributed by atoms with Gasteiger partial charge in [0, 0.05) is 18.3 Å². The first kappa shape index (κ1) is 11.9. The molecule has 1 fully saturated rings. The second kappa shape index (κ2) is 5.20. The second-order valence-electron chi connectivity index (χ2n) is 4.20. The van der Waals surface area contributed by atoms with Gasteiger partial charge >= 0.3 is 0 Å². The van der Waals surface area contributed by atoms with Gasteiger partial charge < -0.3 is 4.90 Å². The van der Waals surface area contributed by atoms with Crippen molar-refractivity contribution in [2.24, 2.45) is 5.92 Å². The molecular weight excluding hydrogens is 236 g/mol. The predicted octanol–water partition coefficient (Wildman–Crippen LogP) is 2.22. The number of carbonyl (C=O) groups is 1. The lowest BCUT2D eigenvalue weighted by molar-refractivity contribution is 0.0769. The van der Waals surface area contributed by atoms with Crippen molar-refractivity contribution in [2.75, 3.05) is 13.1 Å². The molecule has 1 aromatic rings. The third-order valence-electron chi connectivity index (χ3n) is 2.72. The molecule has 0 aliphatic heterocycles. The molecule has 17 heavy (non-hydrogen) atoms. The third-order valence-corrected chi connectivity index (χ3v) is 2.93. The average molecular weight is 249 g/mol. The number of halogens is 1. The highest BCUT2D eigenvalue weighted by Gasteiger charge is 2.26. The lowest BCUT2D eigenvalue weighted by Crippen LogP contribution is -2.33. The van der Waals surface area contributed by atoms with E-state index in [1.54, 1.807) is 17.0 Å². The Hall–Kier alpha value is -1.53. The summed E-state index contributed by atoms with van der Waals surface area (Å²) in [4.78, 5) is 17.7. The summed E-state index contributed by atoms with van der Waals surface area (Å²) in [6.07, 6.45) is 9.19. The van der Waals surface area contributed by atoms with Gasteiger partial charge in [-0.15, -0.1) is 6.42 Å². The summed E-state index contributed by atoms with van der Waals surface area (Å²) in [6.45, 7) is 1.08. The fourth-order valence-corrected chi connectivity index (χ4v) is 1.83. The van der Waals surface area contributed by atoms with Gasteiger partial charge in [-0.2, -0.15) is 0 Å². The molecule has 0 spiro atoms. The minimum Gasteiger partial charge on any atom is -0.327 e. The molecule has 0 N–H and O–H groups in total. The fraction of sp³-hybridized carbons (Fsp3) is 0.385. The van der Waals surface area contributed by atoms with E-state index in [0.29, 0.717) is 23.2 Å². The summed E-state index contributed by atoms with van der Waals surface area (Å²) in [5, 5.41) is 0.322. The van der Waals surface area contributed by atoms with Crippen LogP contribution in [0.15, 0.2) is 18.3 Å². The number of terminal acetylenes is 1. The number of aromatic nitrogens is 1. The highest BCUT2D eigenvalue weighted by Crippen LogP contribution is 2.30. The summed E-state index contributed by atoms with van der Waals surface area (Å²) in [6, 6.07) is 3.23. The molecule has 1 amide bonds. The van der Waals surface area contributed by atoms with Gasteiger partial charge in [-0.1, -0.05) is 17.5 Å². The monoisotopic (exact) mass is 248 g/mol. The second-order valence-corrected chi connectivity index (χ2v) is 4.59. The third kappa shape index (κ3) is 3.21. The van der Waals surface area contributed by atoms with Crippen LogP contribution in [-0.4, -0.2) is 28.9 Å². The Morgan fingerprint density at radius 3 is 3.00 bits per heavy atom. The molecule has 1 aliphatic carbocycles. The predicted molar refractivity (Wildman–Crippen MR) is 66.7 cm³/mol. The van der Waals surface area contributed by atoms with E-state index in [4.69, 9.17) is 18.0 Å². The first-order valence-electron chi connectivity index (χ1n) is 5.55. The van der Waals surface area contributed by atoms with Crippen molar-refractivity contribution >= 4 is 17.5 Å². The zero-order chi connectivity index (χ0) is 12.3. The Bertz CT molecular complexity index is 463. The fourth-order valence-electron chi connectivity index (χ4n) is 1.66. The normalized spacial score (nSPS) is 14.1. The SMILES string of the molecule is C#CCN(CC1CC1)C(=O)c1ccnc(Cl)c1. The van der Waals surface area contributed by atoms with E-state index < -0.39 is 0 Å². The van der Waals surface area contributed by atoms with Gasteiger partial charge in [0.2, 0.25) is 0 Å². The van der Waals surface area contributed by atoms with Crippen LogP contribution in [0.4, 0.5) is 0 Å². The maximum Gasteiger partial charge on any atom is 0.254 e. The lowest BCUT2D eigenvalue weighted by Gasteiger charge is -2.20. The Labute approximate surface area is 106 Å². The summed E-state index contributed by atoms with van der Waals surface area (Å²) in [5.41, 5.74) is 0.543. The van der Waals surface area contributed by atoms with Gasteiger partial charge in [0.25, 0.3) is 5.91 Å². The van der Waals surface area contributed by atoms with Crippen LogP contribution in [0.3, 0.4) is 0 Å². The van der Waals surface area contributed by atoms with Gasteiger partial charge in [0.05, 0.1) is 6.54 Å². The number of hydrogen-bond acceptors (Lipinski definition) is 2. The van der Waals surface area contributed by atoms with Crippen LogP contribution < -0.4 is 0 Å². The van der Waals surface area contributed by atoms with E-state index in [0.717, 1.165) is 6.54 Å². The molecule has 0 saturated heterocycles. The van der Waals surface area contributed by atoms with Crippen LogP contribution in [-0.2, 0) is 0 Å². The van der Waals surface area contributed by atoms with Gasteiger partial charge in [0.15, 0.2) is 0 Å². The van der Waals surface area contributed by atoms with Crippen molar-refractivity contribution in [3.05, 3.63) is 29.0 Å². The van der Waals surface area contributed by atoms with E-state index in [9.17, 15) is 4.79 Å². The molecule has 0 atom stereocenters. The molecule has 0 bridgehead atoms. The molecule has 1 aliphatic rings. The van der Waals surface area contributed by atoms with Crippen LogP contribution in [0, 0.1) is 18.3 Å². The molecule has 3 nitrogen and oxygen atoms in total. The summed E-state index contributed by atoms with van der Waals surface area (Å²) in [5.74, 6) is 3.07. The van der Waals surface area contributed by atoms with Crippen molar-refractivity contribution in [1.29, 1.82) is 0 Å². The highest BCUT2D eigenvalue weighted by atomic mass is 35.5. The van der Waals surface area contributed by atoms with Gasteiger partial charge in [-0.3, -0.25) is 4.79 Å². The molecule has 88 valence electrons. The molecular formula is C13H13ClN2O. The minimum atomic E-state index is -0.0702. The quantitative estimate of drug-likeness (QED) is 0.605. The number of hydrogen-bond donors (Lipinski definition) is 0. The van der Waals surface area contributed by atoms with Crippen LogP contribution >= 0.6 is 11.6 Å². The lowest BCUT2D eigenvalue weighted by atomic mass is 10.2. The summed E-state index contributed by atoms with van der Waals surface area (Å²) >= 11 is 5.77. The number of amides is 1. The molecule has 1 heterocycles. The smallest absolute Gasteiger partial charge is 0.254 e. The van der Waals surface area contributed by atoms with Crippen LogP contribution in [0.25, 0.3) is 0 Å². The van der Waals surface area contributed by atoms with E-state index in [1.165, 1.54) is 19.0 Å². The summed E-state index contributed by atoms with van der Waals surface area (Å²) < 4.78 is 0. The van der Waals surface area contributed by atoms with Gasteiger partial charge in [0.1, 0.15) is 5.15 Å². The number of nitrogens with zero attached hydrogens (tertiary/aromatic N) is 2. The average Bonchev–Trinajstić information content (AvgIpc) is 3.11. The van der Waals surface area contributed by atoms with Crippen molar-refractivity contribution < 1.29 is 4.79 Å². The standard InChI is InChI=1S/C13H13ClN2O/c1-2-7-16(9-10-3-4-10)13(17)11-5-6-15-12(14)8-11/h1,5-6,8,10H,3-4,7,9H2. The van der Waals surface area contributed by atoms with Crippen molar-refractivity contribution in [3.63, 3.8) is 0 Å². The molecule has 2 rings (SSSR count). The largest absolute Gasteiger partial charge is 0.327 e. The minimum absolute atomic E-state index is 0.0702. The van der Waals surface area contributed by atoms with Gasteiger partial charge in [-0.25, -0.2) is 4.98 Å². The molecule has 1 aromatic heterocycles. The Morgan fingerprint density at radius 2 is 2.41 bits per heavy atom. The number of pyridine rings is 1. The van der Waals surface area contributed by atoms with E-state index >= 15 is 0 Å². The van der Waals surface area contributed by atoms with Crippen molar-refractivity contribution in [2.45, 2.75) is 12.8 Å².